The van der Waals surface area contributed by atoms with E-state index in [1.807, 2.05) is 37.3 Å². The molecular formula is C24H34N2O8. The fourth-order valence-electron chi connectivity index (χ4n) is 3.77. The highest BCUT2D eigenvalue weighted by Crippen LogP contribution is 2.24. The van der Waals surface area contributed by atoms with Crippen molar-refractivity contribution in [3.63, 3.8) is 0 Å². The molecule has 188 valence electrons. The van der Waals surface area contributed by atoms with Gasteiger partial charge in [0, 0.05) is 26.8 Å². The smallest absolute Gasteiger partial charge is 0.303 e. The fourth-order valence-corrected chi connectivity index (χ4v) is 3.77. The standard InChI is InChI=1S/C24H34N2O8/c1-14(11-19-9-7-6-8-10-19)25-24(30)15(2)33-22-20(26-16(3)27)12-32-21(13-31-17(4)28)23(22)34-18(5)29/h6-10,14-15,20-23H,11-13H2,1-5H3,(H,25,30)(H,26,27)/t14-,15+,20+,21-,22-,23+/m0/s1. The second kappa shape index (κ2) is 13.0. The van der Waals surface area contributed by atoms with E-state index in [0.29, 0.717) is 6.42 Å². The van der Waals surface area contributed by atoms with Gasteiger partial charge in [0.15, 0.2) is 6.10 Å². The van der Waals surface area contributed by atoms with Gasteiger partial charge >= 0.3 is 11.9 Å². The Balaban J connectivity index is 2.13. The van der Waals surface area contributed by atoms with Gasteiger partial charge in [-0.1, -0.05) is 30.3 Å². The molecule has 1 aromatic carbocycles. The SMILES string of the molecule is CC(=O)N[C@@H]1CO[C@@H](COC(C)=O)[C@@H](OC(C)=O)[C@H]1O[C@H](C)C(=O)N[C@@H](C)Cc1ccccc1. The number of hydrogen-bond acceptors (Lipinski definition) is 8. The number of rotatable bonds is 10. The van der Waals surface area contributed by atoms with Gasteiger partial charge in [0.25, 0.3) is 0 Å². The van der Waals surface area contributed by atoms with Crippen LogP contribution in [0.4, 0.5) is 0 Å². The lowest BCUT2D eigenvalue weighted by atomic mass is 9.97. The van der Waals surface area contributed by atoms with Gasteiger partial charge in [-0.15, -0.1) is 0 Å². The molecule has 2 amide bonds. The van der Waals surface area contributed by atoms with Gasteiger partial charge < -0.3 is 29.6 Å². The number of nitrogens with one attached hydrogen (secondary N) is 2. The molecule has 0 aromatic heterocycles. The van der Waals surface area contributed by atoms with Crippen molar-refractivity contribution < 1.29 is 38.1 Å². The molecule has 0 aliphatic carbocycles. The zero-order valence-electron chi connectivity index (χ0n) is 20.2. The van der Waals surface area contributed by atoms with Crippen molar-refractivity contribution in [2.45, 2.75) is 77.5 Å². The molecule has 10 nitrogen and oxygen atoms in total. The minimum Gasteiger partial charge on any atom is -0.463 e. The number of carbonyl (C=O) groups is 4. The van der Waals surface area contributed by atoms with Crippen molar-refractivity contribution in [2.24, 2.45) is 0 Å². The van der Waals surface area contributed by atoms with E-state index in [1.54, 1.807) is 6.92 Å². The maximum Gasteiger partial charge on any atom is 0.303 e. The molecule has 1 fully saturated rings. The Labute approximate surface area is 199 Å². The van der Waals surface area contributed by atoms with Crippen molar-refractivity contribution in [3.8, 4) is 0 Å². The average Bonchev–Trinajstić information content (AvgIpc) is 2.74. The second-order valence-corrected chi connectivity index (χ2v) is 8.40. The van der Waals surface area contributed by atoms with Crippen LogP contribution in [0, 0.1) is 0 Å². The third-order valence-electron chi connectivity index (χ3n) is 5.22. The fraction of sp³-hybridized carbons (Fsp3) is 0.583. The summed E-state index contributed by atoms with van der Waals surface area (Å²) in [5.41, 5.74) is 1.09. The van der Waals surface area contributed by atoms with Crippen molar-refractivity contribution in [2.75, 3.05) is 13.2 Å². The zero-order chi connectivity index (χ0) is 25.3. The summed E-state index contributed by atoms with van der Waals surface area (Å²) in [6, 6.07) is 8.92. The summed E-state index contributed by atoms with van der Waals surface area (Å²) in [7, 11) is 0. The van der Waals surface area contributed by atoms with E-state index in [1.165, 1.54) is 20.8 Å². The molecule has 1 aromatic rings. The van der Waals surface area contributed by atoms with E-state index >= 15 is 0 Å². The van der Waals surface area contributed by atoms with E-state index in [0.717, 1.165) is 5.56 Å². The molecule has 1 saturated heterocycles. The first-order chi connectivity index (χ1) is 16.1. The minimum absolute atomic E-state index is 0.0205. The lowest BCUT2D eigenvalue weighted by Crippen LogP contribution is -2.63. The van der Waals surface area contributed by atoms with Crippen LogP contribution in [-0.4, -0.2) is 73.5 Å². The predicted molar refractivity (Wildman–Crippen MR) is 122 cm³/mol. The van der Waals surface area contributed by atoms with Crippen molar-refractivity contribution in [3.05, 3.63) is 35.9 Å². The number of ether oxygens (including phenoxy) is 4. The van der Waals surface area contributed by atoms with Crippen LogP contribution in [-0.2, 0) is 44.5 Å². The Hall–Kier alpha value is -2.98. The summed E-state index contributed by atoms with van der Waals surface area (Å²) < 4.78 is 22.2. The number of benzene rings is 1. The first-order valence-electron chi connectivity index (χ1n) is 11.3. The molecule has 10 heteroatoms. The predicted octanol–water partition coefficient (Wildman–Crippen LogP) is 0.906. The molecule has 1 aliphatic heterocycles. The molecule has 34 heavy (non-hydrogen) atoms. The maximum atomic E-state index is 12.8. The number of carbonyl (C=O) groups excluding carboxylic acids is 4. The molecule has 2 rings (SSSR count). The normalized spacial score (nSPS) is 23.8. The monoisotopic (exact) mass is 478 g/mol. The van der Waals surface area contributed by atoms with Gasteiger partial charge in [-0.05, 0) is 25.8 Å². The van der Waals surface area contributed by atoms with Crippen LogP contribution in [0.3, 0.4) is 0 Å². The van der Waals surface area contributed by atoms with Gasteiger partial charge in [0.2, 0.25) is 11.8 Å². The Morgan fingerprint density at radius 1 is 1.03 bits per heavy atom. The van der Waals surface area contributed by atoms with Gasteiger partial charge in [-0.3, -0.25) is 19.2 Å². The molecule has 0 saturated carbocycles. The minimum atomic E-state index is -1.01. The van der Waals surface area contributed by atoms with Crippen LogP contribution in [0.2, 0.25) is 0 Å². The molecule has 0 unspecified atom stereocenters. The summed E-state index contributed by atoms with van der Waals surface area (Å²) in [5, 5.41) is 5.64. The van der Waals surface area contributed by atoms with E-state index < -0.39 is 42.4 Å². The lowest BCUT2D eigenvalue weighted by molar-refractivity contribution is -0.211. The van der Waals surface area contributed by atoms with Crippen LogP contribution in [0.1, 0.15) is 40.2 Å². The largest absolute Gasteiger partial charge is 0.463 e. The van der Waals surface area contributed by atoms with E-state index in [-0.39, 0.29) is 31.1 Å². The summed E-state index contributed by atoms with van der Waals surface area (Å²) in [6.07, 6.45) is -3.03. The van der Waals surface area contributed by atoms with Gasteiger partial charge in [0.1, 0.15) is 24.9 Å². The number of hydrogen-bond donors (Lipinski definition) is 2. The van der Waals surface area contributed by atoms with E-state index in [2.05, 4.69) is 10.6 Å². The Morgan fingerprint density at radius 2 is 1.71 bits per heavy atom. The topological polar surface area (TPSA) is 129 Å². The van der Waals surface area contributed by atoms with Crippen LogP contribution >= 0.6 is 0 Å². The molecular weight excluding hydrogens is 444 g/mol. The Bertz CT molecular complexity index is 847. The molecule has 2 N–H and O–H groups in total. The van der Waals surface area contributed by atoms with Gasteiger partial charge in [0.05, 0.1) is 12.6 Å². The summed E-state index contributed by atoms with van der Waals surface area (Å²) in [4.78, 5) is 47.7. The maximum absolute atomic E-state index is 12.8. The van der Waals surface area contributed by atoms with E-state index in [4.69, 9.17) is 18.9 Å². The molecule has 6 atom stereocenters. The molecule has 1 aliphatic rings. The van der Waals surface area contributed by atoms with Crippen LogP contribution < -0.4 is 10.6 Å². The molecule has 1 heterocycles. The zero-order valence-corrected chi connectivity index (χ0v) is 20.2. The number of esters is 2. The molecule has 0 spiro atoms. The lowest BCUT2D eigenvalue weighted by Gasteiger charge is -2.42. The van der Waals surface area contributed by atoms with E-state index in [9.17, 15) is 19.2 Å². The second-order valence-electron chi connectivity index (χ2n) is 8.40. The molecule has 0 bridgehead atoms. The Morgan fingerprint density at radius 3 is 2.29 bits per heavy atom. The molecule has 0 radical (unpaired) electrons. The Kier molecular flexibility index (Phi) is 10.5. The van der Waals surface area contributed by atoms with Crippen LogP contribution in [0.15, 0.2) is 30.3 Å². The number of amides is 2. The highest BCUT2D eigenvalue weighted by atomic mass is 16.6. The highest BCUT2D eigenvalue weighted by Gasteiger charge is 2.45. The highest BCUT2D eigenvalue weighted by molar-refractivity contribution is 5.80. The summed E-state index contributed by atoms with van der Waals surface area (Å²) >= 11 is 0. The summed E-state index contributed by atoms with van der Waals surface area (Å²) in [6.45, 7) is 7.13. The van der Waals surface area contributed by atoms with Gasteiger partial charge in [-0.25, -0.2) is 0 Å². The average molecular weight is 479 g/mol. The van der Waals surface area contributed by atoms with Crippen molar-refractivity contribution in [1.29, 1.82) is 0 Å². The van der Waals surface area contributed by atoms with Crippen molar-refractivity contribution in [1.82, 2.24) is 10.6 Å². The van der Waals surface area contributed by atoms with Crippen LogP contribution in [0.5, 0.6) is 0 Å². The van der Waals surface area contributed by atoms with Crippen LogP contribution in [0.25, 0.3) is 0 Å². The summed E-state index contributed by atoms with van der Waals surface area (Å²) in [5.74, 6) is -1.82. The third kappa shape index (κ3) is 8.75. The first-order valence-corrected chi connectivity index (χ1v) is 11.3. The third-order valence-corrected chi connectivity index (χ3v) is 5.22. The quantitative estimate of drug-likeness (QED) is 0.475. The first kappa shape index (κ1) is 27.3. The van der Waals surface area contributed by atoms with Gasteiger partial charge in [-0.2, -0.15) is 0 Å². The van der Waals surface area contributed by atoms with Crippen molar-refractivity contribution >= 4 is 23.8 Å².